The standard InChI is InChI=1S/C30H27Cl2N3O3/c1-30(12-11-21-27(34-38-28(21)18-5-6-18)26-22(31)3-2-4-23(26)32)13-15-35(16-14-30)20-8-10-24-19(17-20)7-9-25(33-24)29(36)37/h2-4,7-12,17-18H,5-6,13-16H2,1H3,(H,36,37)/b12-11+. The van der Waals surface area contributed by atoms with Gasteiger partial charge in [-0.2, -0.15) is 0 Å². The Hall–Kier alpha value is -3.35. The quantitative estimate of drug-likeness (QED) is 0.262. The van der Waals surface area contributed by atoms with E-state index in [9.17, 15) is 9.90 Å². The van der Waals surface area contributed by atoms with Crippen LogP contribution in [-0.4, -0.2) is 34.3 Å². The van der Waals surface area contributed by atoms with Crippen LogP contribution in [0.3, 0.4) is 0 Å². The van der Waals surface area contributed by atoms with Crippen molar-refractivity contribution in [3.05, 3.63) is 81.7 Å². The molecule has 8 heteroatoms. The molecule has 2 aromatic carbocycles. The Kier molecular flexibility index (Phi) is 6.40. The number of allylic oxidation sites excluding steroid dienone is 1. The fourth-order valence-electron chi connectivity index (χ4n) is 5.17. The number of pyridine rings is 1. The Bertz CT molecular complexity index is 1550. The van der Waals surface area contributed by atoms with Crippen molar-refractivity contribution >= 4 is 51.8 Å². The summed E-state index contributed by atoms with van der Waals surface area (Å²) < 4.78 is 5.82. The molecule has 1 saturated carbocycles. The van der Waals surface area contributed by atoms with E-state index in [1.165, 1.54) is 0 Å². The van der Waals surface area contributed by atoms with Gasteiger partial charge in [-0.25, -0.2) is 9.78 Å². The summed E-state index contributed by atoms with van der Waals surface area (Å²) in [5, 5.41) is 15.7. The van der Waals surface area contributed by atoms with Crippen LogP contribution in [0, 0.1) is 5.41 Å². The van der Waals surface area contributed by atoms with Crippen LogP contribution < -0.4 is 4.90 Å². The average molecular weight is 548 g/mol. The monoisotopic (exact) mass is 547 g/mol. The molecule has 0 bridgehead atoms. The number of halogens is 2. The van der Waals surface area contributed by atoms with Crippen LogP contribution in [-0.2, 0) is 0 Å². The van der Waals surface area contributed by atoms with Crippen LogP contribution in [0.1, 0.15) is 60.3 Å². The van der Waals surface area contributed by atoms with Crippen molar-refractivity contribution in [1.82, 2.24) is 10.1 Å². The van der Waals surface area contributed by atoms with E-state index in [4.69, 9.17) is 27.7 Å². The summed E-state index contributed by atoms with van der Waals surface area (Å²) >= 11 is 13.0. The number of anilines is 1. The number of hydrogen-bond acceptors (Lipinski definition) is 5. The van der Waals surface area contributed by atoms with E-state index < -0.39 is 5.97 Å². The minimum absolute atomic E-state index is 0.0188. The number of carbonyl (C=O) groups is 1. The normalized spacial score (nSPS) is 17.4. The highest BCUT2D eigenvalue weighted by Crippen LogP contribution is 2.47. The Balaban J connectivity index is 1.22. The highest BCUT2D eigenvalue weighted by atomic mass is 35.5. The molecule has 0 unspecified atom stereocenters. The van der Waals surface area contributed by atoms with Gasteiger partial charge < -0.3 is 14.5 Å². The third kappa shape index (κ3) is 4.79. The molecule has 2 aliphatic rings. The van der Waals surface area contributed by atoms with Gasteiger partial charge in [0.2, 0.25) is 0 Å². The zero-order valence-electron chi connectivity index (χ0n) is 21.0. The first kappa shape index (κ1) is 25.0. The first-order valence-electron chi connectivity index (χ1n) is 12.8. The largest absolute Gasteiger partial charge is 0.477 e. The van der Waals surface area contributed by atoms with Gasteiger partial charge in [-0.15, -0.1) is 0 Å². The maximum absolute atomic E-state index is 11.2. The van der Waals surface area contributed by atoms with Gasteiger partial charge in [0, 0.05) is 41.2 Å². The fraction of sp³-hybridized carbons (Fsp3) is 0.300. The van der Waals surface area contributed by atoms with Gasteiger partial charge in [0.25, 0.3) is 0 Å². The number of carboxylic acid groups (broad SMARTS) is 1. The van der Waals surface area contributed by atoms with Gasteiger partial charge in [0.15, 0.2) is 0 Å². The molecule has 0 atom stereocenters. The van der Waals surface area contributed by atoms with E-state index in [2.05, 4.69) is 40.2 Å². The van der Waals surface area contributed by atoms with Gasteiger partial charge in [-0.05, 0) is 67.5 Å². The summed E-state index contributed by atoms with van der Waals surface area (Å²) in [6.45, 7) is 4.12. The number of fused-ring (bicyclic) bond motifs is 1. The van der Waals surface area contributed by atoms with Crippen LogP contribution in [0.15, 0.2) is 59.1 Å². The van der Waals surface area contributed by atoms with E-state index in [-0.39, 0.29) is 11.1 Å². The zero-order valence-corrected chi connectivity index (χ0v) is 22.5. The van der Waals surface area contributed by atoms with Gasteiger partial charge in [-0.1, -0.05) is 59.6 Å². The van der Waals surface area contributed by atoms with Gasteiger partial charge in [0.1, 0.15) is 17.1 Å². The summed E-state index contributed by atoms with van der Waals surface area (Å²) in [6, 6.07) is 14.9. The number of nitrogens with zero attached hydrogens (tertiary/aromatic N) is 3. The minimum Gasteiger partial charge on any atom is -0.477 e. The third-order valence-electron chi connectivity index (χ3n) is 7.72. The van der Waals surface area contributed by atoms with E-state index in [1.54, 1.807) is 6.07 Å². The predicted octanol–water partition coefficient (Wildman–Crippen LogP) is 8.09. The Morgan fingerprint density at radius 3 is 2.53 bits per heavy atom. The van der Waals surface area contributed by atoms with Crippen molar-refractivity contribution in [2.45, 2.75) is 38.5 Å². The number of piperidine rings is 1. The summed E-state index contributed by atoms with van der Waals surface area (Å²) in [7, 11) is 0. The summed E-state index contributed by atoms with van der Waals surface area (Å²) in [6.07, 6.45) is 8.66. The number of aromatic nitrogens is 2. The third-order valence-corrected chi connectivity index (χ3v) is 8.35. The molecule has 6 rings (SSSR count). The van der Waals surface area contributed by atoms with Crippen molar-refractivity contribution in [2.75, 3.05) is 18.0 Å². The molecule has 1 aliphatic heterocycles. The average Bonchev–Trinajstić information content (AvgIpc) is 3.67. The predicted molar refractivity (Wildman–Crippen MR) is 151 cm³/mol. The van der Waals surface area contributed by atoms with Crippen LogP contribution in [0.2, 0.25) is 10.0 Å². The highest BCUT2D eigenvalue weighted by Gasteiger charge is 2.34. The molecule has 6 nitrogen and oxygen atoms in total. The van der Waals surface area contributed by atoms with Gasteiger partial charge >= 0.3 is 5.97 Å². The topological polar surface area (TPSA) is 79.5 Å². The van der Waals surface area contributed by atoms with E-state index in [0.717, 1.165) is 61.2 Å². The Morgan fingerprint density at radius 1 is 1.11 bits per heavy atom. The number of benzene rings is 2. The molecule has 194 valence electrons. The smallest absolute Gasteiger partial charge is 0.354 e. The molecule has 2 fully saturated rings. The van der Waals surface area contributed by atoms with Gasteiger partial charge in [-0.3, -0.25) is 0 Å². The molecule has 0 spiro atoms. The van der Waals surface area contributed by atoms with E-state index in [0.29, 0.717) is 32.7 Å². The van der Waals surface area contributed by atoms with Crippen LogP contribution in [0.25, 0.3) is 28.2 Å². The van der Waals surface area contributed by atoms with Crippen molar-refractivity contribution < 1.29 is 14.4 Å². The Morgan fingerprint density at radius 2 is 1.84 bits per heavy atom. The van der Waals surface area contributed by atoms with Crippen LogP contribution in [0.4, 0.5) is 5.69 Å². The van der Waals surface area contributed by atoms with Crippen molar-refractivity contribution in [3.63, 3.8) is 0 Å². The molecule has 1 aliphatic carbocycles. The molecule has 1 N–H and O–H groups in total. The second-order valence-electron chi connectivity index (χ2n) is 10.5. The molecule has 0 amide bonds. The molecule has 3 heterocycles. The molecular weight excluding hydrogens is 521 g/mol. The van der Waals surface area contributed by atoms with Crippen LogP contribution >= 0.6 is 23.2 Å². The number of carboxylic acids is 1. The highest BCUT2D eigenvalue weighted by molar-refractivity contribution is 6.39. The lowest BCUT2D eigenvalue weighted by molar-refractivity contribution is 0.0691. The van der Waals surface area contributed by atoms with Crippen molar-refractivity contribution in [1.29, 1.82) is 0 Å². The summed E-state index contributed by atoms with van der Waals surface area (Å²) in [4.78, 5) is 17.8. The molecule has 0 radical (unpaired) electrons. The fourth-order valence-corrected chi connectivity index (χ4v) is 5.75. The number of aromatic carboxylic acids is 1. The minimum atomic E-state index is -1.02. The van der Waals surface area contributed by atoms with E-state index >= 15 is 0 Å². The SMILES string of the molecule is CC1(/C=C/c2c(-c3c(Cl)cccc3Cl)noc2C2CC2)CCN(c2ccc3nc(C(=O)O)ccc3c2)CC1. The lowest BCUT2D eigenvalue weighted by Gasteiger charge is -2.39. The number of rotatable bonds is 6. The summed E-state index contributed by atoms with van der Waals surface area (Å²) in [5.41, 5.74) is 4.29. The molecule has 1 saturated heterocycles. The lowest BCUT2D eigenvalue weighted by atomic mass is 9.79. The Labute approximate surface area is 230 Å². The van der Waals surface area contributed by atoms with Gasteiger partial charge in [0.05, 0.1) is 15.6 Å². The summed E-state index contributed by atoms with van der Waals surface area (Å²) in [5.74, 6) is 0.307. The zero-order chi connectivity index (χ0) is 26.4. The number of hydrogen-bond donors (Lipinski definition) is 1. The lowest BCUT2D eigenvalue weighted by Crippen LogP contribution is -2.37. The second-order valence-corrected chi connectivity index (χ2v) is 11.3. The molecule has 2 aromatic heterocycles. The van der Waals surface area contributed by atoms with Crippen molar-refractivity contribution in [2.24, 2.45) is 5.41 Å². The first-order chi connectivity index (χ1) is 18.3. The molecule has 38 heavy (non-hydrogen) atoms. The van der Waals surface area contributed by atoms with Crippen LogP contribution in [0.5, 0.6) is 0 Å². The molecular formula is C30H27Cl2N3O3. The first-order valence-corrected chi connectivity index (χ1v) is 13.6. The maximum atomic E-state index is 11.2. The van der Waals surface area contributed by atoms with Crippen molar-refractivity contribution in [3.8, 4) is 11.3 Å². The maximum Gasteiger partial charge on any atom is 0.354 e. The molecule has 4 aromatic rings. The van der Waals surface area contributed by atoms with E-state index in [1.807, 2.05) is 36.4 Å². The second kappa shape index (κ2) is 9.75.